The summed E-state index contributed by atoms with van der Waals surface area (Å²) < 4.78 is 0.946. The van der Waals surface area contributed by atoms with Gasteiger partial charge >= 0.3 is 0 Å². The van der Waals surface area contributed by atoms with E-state index in [4.69, 9.17) is 0 Å². The minimum atomic E-state index is -0.294. The van der Waals surface area contributed by atoms with Gasteiger partial charge in [-0.2, -0.15) is 5.10 Å². The minimum absolute atomic E-state index is 0.0786. The van der Waals surface area contributed by atoms with Crippen LogP contribution in [0.25, 0.3) is 11.3 Å². The van der Waals surface area contributed by atoms with Gasteiger partial charge in [-0.1, -0.05) is 70.5 Å². The number of hydrogen-bond donors (Lipinski definition) is 2. The number of aromatic amines is 1. The zero-order valence-electron chi connectivity index (χ0n) is 16.6. The molecule has 1 aliphatic rings. The molecule has 0 bridgehead atoms. The number of phenols is 1. The van der Waals surface area contributed by atoms with Gasteiger partial charge in [-0.3, -0.25) is 9.89 Å². The SMILES string of the molecule is O=C1c2[nH]nc(-c3ccccc3O)c2[C@@H](c2cccc(Br)c2)N1CCc1ccccc1. The van der Waals surface area contributed by atoms with Gasteiger partial charge in [0, 0.05) is 22.1 Å². The highest BCUT2D eigenvalue weighted by Crippen LogP contribution is 2.44. The first-order valence-electron chi connectivity index (χ1n) is 10.1. The second kappa shape index (κ2) is 8.04. The Hall–Kier alpha value is -3.38. The molecule has 1 aliphatic heterocycles. The van der Waals surface area contributed by atoms with E-state index in [1.165, 1.54) is 5.56 Å². The lowest BCUT2D eigenvalue weighted by molar-refractivity contribution is 0.0746. The molecule has 6 heteroatoms. The molecule has 0 saturated heterocycles. The smallest absolute Gasteiger partial charge is 0.273 e. The van der Waals surface area contributed by atoms with Crippen LogP contribution < -0.4 is 0 Å². The first-order valence-corrected chi connectivity index (χ1v) is 10.9. The predicted octanol–water partition coefficient (Wildman–Crippen LogP) is 5.33. The minimum Gasteiger partial charge on any atom is -0.507 e. The molecule has 5 nitrogen and oxygen atoms in total. The molecule has 0 aliphatic carbocycles. The third kappa shape index (κ3) is 3.53. The number of nitrogens with one attached hydrogen (secondary N) is 1. The number of para-hydroxylation sites is 1. The Kier molecular flexibility index (Phi) is 5.08. The summed E-state index contributed by atoms with van der Waals surface area (Å²) in [5, 5.41) is 17.8. The molecular weight excluding hydrogens is 454 g/mol. The molecule has 154 valence electrons. The number of carbonyl (C=O) groups excluding carboxylic acids is 1. The fraction of sp³-hybridized carbons (Fsp3) is 0.120. The van der Waals surface area contributed by atoms with E-state index in [-0.39, 0.29) is 17.7 Å². The molecule has 0 fully saturated rings. The molecule has 1 amide bonds. The fourth-order valence-corrected chi connectivity index (χ4v) is 4.64. The second-order valence-corrected chi connectivity index (χ2v) is 8.49. The van der Waals surface area contributed by atoms with E-state index in [2.05, 4.69) is 38.3 Å². The number of halogens is 1. The van der Waals surface area contributed by atoms with Crippen LogP contribution in [0.3, 0.4) is 0 Å². The van der Waals surface area contributed by atoms with Crippen LogP contribution >= 0.6 is 15.9 Å². The molecule has 1 atom stereocenters. The van der Waals surface area contributed by atoms with E-state index in [1.807, 2.05) is 59.5 Å². The maximum atomic E-state index is 13.4. The highest BCUT2D eigenvalue weighted by Gasteiger charge is 2.42. The van der Waals surface area contributed by atoms with E-state index < -0.39 is 0 Å². The largest absolute Gasteiger partial charge is 0.507 e. The van der Waals surface area contributed by atoms with Crippen LogP contribution in [0.4, 0.5) is 0 Å². The van der Waals surface area contributed by atoms with Gasteiger partial charge in [-0.25, -0.2) is 0 Å². The summed E-state index contributed by atoms with van der Waals surface area (Å²) in [5.74, 6) is 0.0602. The summed E-state index contributed by atoms with van der Waals surface area (Å²) in [6, 6.07) is 24.9. The number of fused-ring (bicyclic) bond motifs is 1. The molecule has 0 radical (unpaired) electrons. The molecular formula is C25H20BrN3O2. The Labute approximate surface area is 188 Å². The number of hydrogen-bond acceptors (Lipinski definition) is 3. The van der Waals surface area contributed by atoms with Crippen LogP contribution in [0.2, 0.25) is 0 Å². The number of aromatic hydroxyl groups is 1. The fourth-order valence-electron chi connectivity index (χ4n) is 4.22. The van der Waals surface area contributed by atoms with Gasteiger partial charge in [0.05, 0.1) is 6.04 Å². The number of benzene rings is 3. The average molecular weight is 474 g/mol. The van der Waals surface area contributed by atoms with Gasteiger partial charge in [0.1, 0.15) is 17.1 Å². The lowest BCUT2D eigenvalue weighted by Crippen LogP contribution is -2.31. The summed E-state index contributed by atoms with van der Waals surface area (Å²) in [6.45, 7) is 0.572. The first kappa shape index (κ1) is 19.6. The number of H-pyrrole nitrogens is 1. The van der Waals surface area contributed by atoms with Crippen molar-refractivity contribution in [2.45, 2.75) is 12.5 Å². The van der Waals surface area contributed by atoms with E-state index in [9.17, 15) is 9.90 Å². The lowest BCUT2D eigenvalue weighted by Gasteiger charge is -2.26. The second-order valence-electron chi connectivity index (χ2n) is 7.57. The molecule has 3 aromatic carbocycles. The van der Waals surface area contributed by atoms with Crippen molar-refractivity contribution in [1.29, 1.82) is 0 Å². The normalized spacial score (nSPS) is 15.3. The highest BCUT2D eigenvalue weighted by molar-refractivity contribution is 9.10. The third-order valence-corrected chi connectivity index (χ3v) is 6.16. The molecule has 5 rings (SSSR count). The standard InChI is InChI=1S/C25H20BrN3O2/c26-18-10-6-9-17(15-18)24-21-22(19-11-4-5-12-20(19)30)27-28-23(21)25(31)29(24)14-13-16-7-2-1-3-8-16/h1-12,15,24,30H,13-14H2,(H,27,28)/t24-/m1/s1. The van der Waals surface area contributed by atoms with Crippen molar-refractivity contribution in [1.82, 2.24) is 15.1 Å². The Morgan fingerprint density at radius 3 is 2.55 bits per heavy atom. The van der Waals surface area contributed by atoms with Crippen LogP contribution in [0.1, 0.15) is 33.2 Å². The number of carbonyl (C=O) groups is 1. The van der Waals surface area contributed by atoms with Gasteiger partial charge in [0.2, 0.25) is 0 Å². The third-order valence-electron chi connectivity index (χ3n) is 5.67. The number of nitrogens with zero attached hydrogens (tertiary/aromatic N) is 2. The number of rotatable bonds is 5. The zero-order chi connectivity index (χ0) is 21.4. The van der Waals surface area contributed by atoms with Crippen molar-refractivity contribution in [3.05, 3.63) is 106 Å². The van der Waals surface area contributed by atoms with E-state index in [0.717, 1.165) is 22.0 Å². The summed E-state index contributed by atoms with van der Waals surface area (Å²) in [4.78, 5) is 15.3. The van der Waals surface area contributed by atoms with Crippen molar-refractivity contribution >= 4 is 21.8 Å². The summed E-state index contributed by atoms with van der Waals surface area (Å²) in [5.41, 5.74) is 4.67. The Bertz CT molecular complexity index is 1250. The molecule has 2 N–H and O–H groups in total. The van der Waals surface area contributed by atoms with Crippen molar-refractivity contribution in [2.75, 3.05) is 6.54 Å². The molecule has 4 aromatic rings. The van der Waals surface area contributed by atoms with Crippen LogP contribution in [0.5, 0.6) is 5.75 Å². The van der Waals surface area contributed by atoms with Crippen LogP contribution in [-0.4, -0.2) is 32.7 Å². The first-order chi connectivity index (χ1) is 15.1. The van der Waals surface area contributed by atoms with E-state index >= 15 is 0 Å². The monoisotopic (exact) mass is 473 g/mol. The molecule has 2 heterocycles. The zero-order valence-corrected chi connectivity index (χ0v) is 18.2. The van der Waals surface area contributed by atoms with Gasteiger partial charge in [0.25, 0.3) is 5.91 Å². The Balaban J connectivity index is 1.61. The Morgan fingerprint density at radius 1 is 1.00 bits per heavy atom. The maximum absolute atomic E-state index is 13.4. The maximum Gasteiger partial charge on any atom is 0.273 e. The molecule has 31 heavy (non-hydrogen) atoms. The van der Waals surface area contributed by atoms with Gasteiger partial charge in [-0.05, 0) is 41.8 Å². The highest BCUT2D eigenvalue weighted by atomic mass is 79.9. The van der Waals surface area contributed by atoms with Gasteiger partial charge in [-0.15, -0.1) is 0 Å². The van der Waals surface area contributed by atoms with Crippen molar-refractivity contribution in [3.63, 3.8) is 0 Å². The van der Waals surface area contributed by atoms with E-state index in [1.54, 1.807) is 12.1 Å². The number of phenolic OH excluding ortho intramolecular Hbond substituents is 1. The van der Waals surface area contributed by atoms with Crippen molar-refractivity contribution in [3.8, 4) is 17.0 Å². The van der Waals surface area contributed by atoms with E-state index in [0.29, 0.717) is 23.5 Å². The molecule has 0 spiro atoms. The number of aromatic nitrogens is 2. The number of amides is 1. The predicted molar refractivity (Wildman–Crippen MR) is 123 cm³/mol. The summed E-state index contributed by atoms with van der Waals surface area (Å²) >= 11 is 3.56. The van der Waals surface area contributed by atoms with Crippen molar-refractivity contribution < 1.29 is 9.90 Å². The lowest BCUT2D eigenvalue weighted by atomic mass is 9.95. The topological polar surface area (TPSA) is 69.2 Å². The van der Waals surface area contributed by atoms with Crippen LogP contribution in [0.15, 0.2) is 83.3 Å². The summed E-state index contributed by atoms with van der Waals surface area (Å²) in [6.07, 6.45) is 0.751. The molecule has 0 saturated carbocycles. The Morgan fingerprint density at radius 2 is 1.77 bits per heavy atom. The van der Waals surface area contributed by atoms with Crippen molar-refractivity contribution in [2.24, 2.45) is 0 Å². The quantitative estimate of drug-likeness (QED) is 0.411. The average Bonchev–Trinajstić information content (AvgIpc) is 3.32. The van der Waals surface area contributed by atoms with Crippen LogP contribution in [-0.2, 0) is 6.42 Å². The van der Waals surface area contributed by atoms with Gasteiger partial charge < -0.3 is 10.0 Å². The molecule has 0 unspecified atom stereocenters. The van der Waals surface area contributed by atoms with Gasteiger partial charge in [0.15, 0.2) is 0 Å². The molecule has 1 aromatic heterocycles. The summed E-state index contributed by atoms with van der Waals surface area (Å²) in [7, 11) is 0. The van der Waals surface area contributed by atoms with Crippen LogP contribution in [0, 0.1) is 0 Å².